The fourth-order valence-corrected chi connectivity index (χ4v) is 3.08. The van der Waals surface area contributed by atoms with Crippen molar-refractivity contribution in [3.8, 4) is 0 Å². The minimum Gasteiger partial charge on any atom is -0.478 e. The van der Waals surface area contributed by atoms with Crippen LogP contribution in [-0.2, 0) is 4.74 Å². The molecule has 1 amide bonds. The number of nitrogens with zero attached hydrogens (tertiary/aromatic N) is 2. The van der Waals surface area contributed by atoms with Crippen molar-refractivity contribution in [2.24, 2.45) is 0 Å². The smallest absolute Gasteiger partial charge is 0.335 e. The van der Waals surface area contributed by atoms with E-state index in [0.29, 0.717) is 13.1 Å². The van der Waals surface area contributed by atoms with Crippen LogP contribution in [0.4, 0.5) is 5.69 Å². The number of amides is 1. The van der Waals surface area contributed by atoms with Crippen LogP contribution in [0.3, 0.4) is 0 Å². The molecule has 0 atom stereocenters. The summed E-state index contributed by atoms with van der Waals surface area (Å²) in [6.45, 7) is 8.02. The highest BCUT2D eigenvalue weighted by Gasteiger charge is 2.40. The highest BCUT2D eigenvalue weighted by Crippen LogP contribution is 2.29. The predicted molar refractivity (Wildman–Crippen MR) is 85.2 cm³/mol. The van der Waals surface area contributed by atoms with E-state index < -0.39 is 33.7 Å². The van der Waals surface area contributed by atoms with Gasteiger partial charge in [-0.1, -0.05) is 0 Å². The molecule has 0 aromatic heterocycles. The van der Waals surface area contributed by atoms with Crippen LogP contribution in [0.25, 0.3) is 0 Å². The summed E-state index contributed by atoms with van der Waals surface area (Å²) in [5, 5.41) is 20.1. The Hall–Kier alpha value is -2.48. The third-order valence-electron chi connectivity index (χ3n) is 3.61. The van der Waals surface area contributed by atoms with Gasteiger partial charge in [-0.25, -0.2) is 4.79 Å². The van der Waals surface area contributed by atoms with Gasteiger partial charge in [0.25, 0.3) is 11.6 Å². The zero-order valence-corrected chi connectivity index (χ0v) is 14.0. The van der Waals surface area contributed by atoms with Gasteiger partial charge >= 0.3 is 5.97 Å². The van der Waals surface area contributed by atoms with E-state index in [2.05, 4.69) is 0 Å². The maximum atomic E-state index is 12.8. The monoisotopic (exact) mass is 336 g/mol. The molecule has 0 aliphatic carbocycles. The van der Waals surface area contributed by atoms with Crippen molar-refractivity contribution in [3.05, 3.63) is 39.4 Å². The Morgan fingerprint density at radius 2 is 1.62 bits per heavy atom. The number of nitro benzene ring substituents is 1. The van der Waals surface area contributed by atoms with Gasteiger partial charge in [0.2, 0.25) is 0 Å². The molecule has 8 nitrogen and oxygen atoms in total. The summed E-state index contributed by atoms with van der Waals surface area (Å²) in [5.41, 5.74) is -1.89. The van der Waals surface area contributed by atoms with E-state index in [9.17, 15) is 19.7 Å². The van der Waals surface area contributed by atoms with Gasteiger partial charge in [0, 0.05) is 30.8 Å². The van der Waals surface area contributed by atoms with E-state index >= 15 is 0 Å². The van der Waals surface area contributed by atoms with Gasteiger partial charge in [-0.2, -0.15) is 0 Å². The maximum absolute atomic E-state index is 12.8. The van der Waals surface area contributed by atoms with Crippen LogP contribution >= 0.6 is 0 Å². The molecular formula is C16H20N2O6. The maximum Gasteiger partial charge on any atom is 0.335 e. The number of carbonyl (C=O) groups is 2. The Morgan fingerprint density at radius 1 is 1.12 bits per heavy atom. The molecule has 1 aromatic carbocycles. The molecule has 1 aliphatic heterocycles. The number of morpholine rings is 1. The van der Waals surface area contributed by atoms with Crippen LogP contribution in [0.2, 0.25) is 0 Å². The summed E-state index contributed by atoms with van der Waals surface area (Å²) in [6.07, 6.45) is 0. The molecule has 1 heterocycles. The highest BCUT2D eigenvalue weighted by molar-refractivity contribution is 5.98. The van der Waals surface area contributed by atoms with E-state index in [0.717, 1.165) is 18.2 Å². The third-order valence-corrected chi connectivity index (χ3v) is 3.61. The van der Waals surface area contributed by atoms with Gasteiger partial charge in [0.05, 0.1) is 21.7 Å². The summed E-state index contributed by atoms with van der Waals surface area (Å²) in [4.78, 5) is 35.8. The van der Waals surface area contributed by atoms with Crippen molar-refractivity contribution in [2.45, 2.75) is 38.9 Å². The summed E-state index contributed by atoms with van der Waals surface area (Å²) in [6, 6.07) is 3.20. The van der Waals surface area contributed by atoms with Gasteiger partial charge in [-0.15, -0.1) is 0 Å². The minimum atomic E-state index is -1.32. The minimum absolute atomic E-state index is 0.0184. The van der Waals surface area contributed by atoms with E-state index in [1.807, 2.05) is 27.7 Å². The standard InChI is InChI=1S/C16H20N2O6/c1-15(2)8-17(9-16(3,4)24-15)13(19)10-5-11(14(20)21)7-12(6-10)18(22)23/h5-7H,8-9H2,1-4H3,(H,20,21). The number of hydrogen-bond donors (Lipinski definition) is 1. The van der Waals surface area contributed by atoms with Crippen LogP contribution in [0.1, 0.15) is 48.4 Å². The normalized spacial score (nSPS) is 18.9. The SMILES string of the molecule is CC1(C)CN(C(=O)c2cc(C(=O)O)cc([N+](=O)[O-])c2)CC(C)(C)O1. The number of carboxylic acids is 1. The summed E-state index contributed by atoms with van der Waals surface area (Å²) >= 11 is 0. The number of carboxylic acid groups (broad SMARTS) is 1. The number of hydrogen-bond acceptors (Lipinski definition) is 5. The van der Waals surface area contributed by atoms with Crippen LogP contribution in [-0.4, -0.2) is 51.1 Å². The average Bonchev–Trinajstić information content (AvgIpc) is 2.42. The molecule has 24 heavy (non-hydrogen) atoms. The Labute approximate surface area is 139 Å². The van der Waals surface area contributed by atoms with Crippen molar-refractivity contribution >= 4 is 17.6 Å². The number of nitro groups is 1. The molecule has 8 heteroatoms. The van der Waals surface area contributed by atoms with Crippen molar-refractivity contribution in [1.29, 1.82) is 0 Å². The number of benzene rings is 1. The number of carbonyl (C=O) groups excluding carboxylic acids is 1. The first-order valence-corrected chi connectivity index (χ1v) is 7.42. The van der Waals surface area contributed by atoms with Crippen LogP contribution in [0, 0.1) is 10.1 Å². The summed E-state index contributed by atoms with van der Waals surface area (Å²) in [5.74, 6) is -1.78. The zero-order chi connectivity index (χ0) is 18.3. The average molecular weight is 336 g/mol. The van der Waals surface area contributed by atoms with Gasteiger partial charge in [0.1, 0.15) is 0 Å². The molecule has 1 saturated heterocycles. The summed E-state index contributed by atoms with van der Waals surface area (Å²) < 4.78 is 5.91. The number of ether oxygens (including phenoxy) is 1. The molecule has 0 spiro atoms. The zero-order valence-electron chi connectivity index (χ0n) is 14.0. The fourth-order valence-electron chi connectivity index (χ4n) is 3.08. The third kappa shape index (κ3) is 3.88. The van der Waals surface area contributed by atoms with Gasteiger partial charge in [-0.3, -0.25) is 14.9 Å². The topological polar surface area (TPSA) is 110 Å². The number of non-ortho nitro benzene ring substituents is 1. The molecule has 0 radical (unpaired) electrons. The van der Waals surface area contributed by atoms with Crippen LogP contribution in [0.5, 0.6) is 0 Å². The largest absolute Gasteiger partial charge is 0.478 e. The molecule has 2 rings (SSSR count). The molecule has 0 bridgehead atoms. The quantitative estimate of drug-likeness (QED) is 0.670. The lowest BCUT2D eigenvalue weighted by Gasteiger charge is -2.47. The van der Waals surface area contributed by atoms with Crippen molar-refractivity contribution < 1.29 is 24.4 Å². The van der Waals surface area contributed by atoms with E-state index in [-0.39, 0.29) is 11.1 Å². The fraction of sp³-hybridized carbons (Fsp3) is 0.500. The number of rotatable bonds is 3. The Bertz CT molecular complexity index is 662. The molecule has 130 valence electrons. The molecule has 1 aliphatic rings. The van der Waals surface area contributed by atoms with Crippen molar-refractivity contribution in [1.82, 2.24) is 4.90 Å². The van der Waals surface area contributed by atoms with Crippen LogP contribution in [0.15, 0.2) is 18.2 Å². The molecule has 0 unspecified atom stereocenters. The van der Waals surface area contributed by atoms with Crippen molar-refractivity contribution in [2.75, 3.05) is 13.1 Å². The molecule has 1 N–H and O–H groups in total. The van der Waals surface area contributed by atoms with Crippen LogP contribution < -0.4 is 0 Å². The lowest BCUT2D eigenvalue weighted by atomic mass is 9.97. The first-order chi connectivity index (χ1) is 10.9. The Kier molecular flexibility index (Phi) is 4.36. The molecular weight excluding hydrogens is 316 g/mol. The second kappa shape index (κ2) is 5.86. The summed E-state index contributed by atoms with van der Waals surface area (Å²) in [7, 11) is 0. The highest BCUT2D eigenvalue weighted by atomic mass is 16.6. The van der Waals surface area contributed by atoms with E-state index in [1.54, 1.807) is 0 Å². The second-order valence-corrected chi connectivity index (χ2v) is 7.11. The number of aromatic carboxylic acids is 1. The first kappa shape index (κ1) is 17.9. The lowest BCUT2D eigenvalue weighted by Crippen LogP contribution is -2.58. The Balaban J connectivity index is 2.42. The first-order valence-electron chi connectivity index (χ1n) is 7.42. The van der Waals surface area contributed by atoms with Gasteiger partial charge in [-0.05, 0) is 33.8 Å². The van der Waals surface area contributed by atoms with E-state index in [1.165, 1.54) is 4.90 Å². The Morgan fingerprint density at radius 3 is 2.08 bits per heavy atom. The molecule has 1 fully saturated rings. The van der Waals surface area contributed by atoms with Gasteiger partial charge < -0.3 is 14.7 Å². The van der Waals surface area contributed by atoms with E-state index in [4.69, 9.17) is 9.84 Å². The van der Waals surface area contributed by atoms with Crippen molar-refractivity contribution in [3.63, 3.8) is 0 Å². The lowest BCUT2D eigenvalue weighted by molar-refractivity contribution is -0.384. The van der Waals surface area contributed by atoms with Gasteiger partial charge in [0.15, 0.2) is 0 Å². The predicted octanol–water partition coefficient (Wildman–Crippen LogP) is 2.32. The second-order valence-electron chi connectivity index (χ2n) is 7.11. The molecule has 1 aromatic rings. The molecule has 0 saturated carbocycles.